The molecule has 7 nitrogen and oxygen atoms in total. The molecule has 1 aliphatic heterocycles. The number of hydrogen-bond acceptors (Lipinski definition) is 5. The summed E-state index contributed by atoms with van der Waals surface area (Å²) >= 11 is 0. The molecule has 3 aromatic rings. The third kappa shape index (κ3) is 4.85. The second-order valence-corrected chi connectivity index (χ2v) is 8.96. The van der Waals surface area contributed by atoms with Crippen LogP contribution in [0.2, 0.25) is 0 Å². The lowest BCUT2D eigenvalue weighted by molar-refractivity contribution is -0.124. The maximum atomic E-state index is 14.8. The number of aromatic nitrogens is 2. The highest BCUT2D eigenvalue weighted by Gasteiger charge is 2.40. The number of halogens is 3. The number of amides is 1. The highest BCUT2D eigenvalue weighted by molar-refractivity contribution is 6.02. The van der Waals surface area contributed by atoms with Crippen molar-refractivity contribution in [1.82, 2.24) is 9.55 Å². The van der Waals surface area contributed by atoms with Crippen molar-refractivity contribution < 1.29 is 32.2 Å². The van der Waals surface area contributed by atoms with E-state index < -0.39 is 36.4 Å². The first-order chi connectivity index (χ1) is 16.0. The smallest absolute Gasteiger partial charge is 0.420 e. The van der Waals surface area contributed by atoms with E-state index in [0.29, 0.717) is 16.7 Å². The zero-order valence-corrected chi connectivity index (χ0v) is 18.9. The van der Waals surface area contributed by atoms with E-state index in [2.05, 4.69) is 4.98 Å². The van der Waals surface area contributed by atoms with Gasteiger partial charge in [0.15, 0.2) is 0 Å². The molecule has 0 spiro atoms. The molecule has 2 heterocycles. The van der Waals surface area contributed by atoms with Crippen LogP contribution in [0.5, 0.6) is 5.75 Å². The number of benzene rings is 2. The molecular formula is C24H24F3N3O4. The molecule has 180 valence electrons. The van der Waals surface area contributed by atoms with Crippen LogP contribution in [0, 0.1) is 5.82 Å². The zero-order valence-electron chi connectivity index (χ0n) is 18.9. The molecule has 1 aliphatic rings. The number of ether oxygens (including phenoxy) is 2. The van der Waals surface area contributed by atoms with Crippen LogP contribution in [-0.2, 0) is 9.53 Å². The summed E-state index contributed by atoms with van der Waals surface area (Å²) in [5, 5.41) is 0. The van der Waals surface area contributed by atoms with E-state index in [1.54, 1.807) is 39.0 Å². The second-order valence-electron chi connectivity index (χ2n) is 8.96. The minimum absolute atomic E-state index is 0.103. The van der Waals surface area contributed by atoms with E-state index in [9.17, 15) is 22.8 Å². The first kappa shape index (κ1) is 23.6. The van der Waals surface area contributed by atoms with Gasteiger partial charge in [-0.2, -0.15) is 0 Å². The minimum Gasteiger partial charge on any atom is -0.493 e. The maximum absolute atomic E-state index is 14.8. The standard InChI is InChI=1S/C24H24F3N3O4/c1-24(2,3)34-23(32)29-13-28-18-7-4-14(10-20(18)29)30-19(12-22(30)31)16-6-5-15(11-17(16)25)33-9-8-21(26)27/h4-7,10-11,13,19,21H,8-9,12H2,1-3H3. The Morgan fingerprint density at radius 2 is 1.97 bits per heavy atom. The van der Waals surface area contributed by atoms with Crippen molar-refractivity contribution in [1.29, 1.82) is 0 Å². The Hall–Kier alpha value is -3.56. The average Bonchev–Trinajstić information content (AvgIpc) is 3.14. The van der Waals surface area contributed by atoms with Crippen molar-refractivity contribution in [2.75, 3.05) is 11.5 Å². The highest BCUT2D eigenvalue weighted by Crippen LogP contribution is 2.41. The predicted molar refractivity (Wildman–Crippen MR) is 119 cm³/mol. The molecule has 0 aliphatic carbocycles. The summed E-state index contributed by atoms with van der Waals surface area (Å²) in [4.78, 5) is 30.7. The molecule has 1 saturated heterocycles. The zero-order chi connectivity index (χ0) is 24.6. The summed E-state index contributed by atoms with van der Waals surface area (Å²) in [5.41, 5.74) is 1.05. The number of β-lactam (4-membered cyclic amide) rings is 1. The lowest BCUT2D eigenvalue weighted by atomic mass is 9.92. The molecule has 0 bridgehead atoms. The van der Waals surface area contributed by atoms with Crippen molar-refractivity contribution in [3.63, 3.8) is 0 Å². The van der Waals surface area contributed by atoms with Crippen molar-refractivity contribution in [2.24, 2.45) is 0 Å². The Labute approximate surface area is 194 Å². The van der Waals surface area contributed by atoms with Crippen molar-refractivity contribution >= 4 is 28.7 Å². The summed E-state index contributed by atoms with van der Waals surface area (Å²) in [5.74, 6) is -0.664. The van der Waals surface area contributed by atoms with Crippen molar-refractivity contribution in [2.45, 2.75) is 51.7 Å². The number of imidazole rings is 1. The summed E-state index contributed by atoms with van der Waals surface area (Å²) in [6, 6.07) is 8.53. The van der Waals surface area contributed by atoms with Gasteiger partial charge >= 0.3 is 6.09 Å². The van der Waals surface area contributed by atoms with Gasteiger partial charge in [-0.1, -0.05) is 6.07 Å². The van der Waals surface area contributed by atoms with Gasteiger partial charge in [-0.3, -0.25) is 4.79 Å². The quantitative estimate of drug-likeness (QED) is 0.442. The number of carbonyl (C=O) groups is 2. The molecule has 34 heavy (non-hydrogen) atoms. The van der Waals surface area contributed by atoms with Crippen LogP contribution in [0.15, 0.2) is 42.7 Å². The van der Waals surface area contributed by atoms with Crippen LogP contribution in [0.25, 0.3) is 11.0 Å². The Morgan fingerprint density at radius 3 is 2.62 bits per heavy atom. The molecule has 1 amide bonds. The number of anilines is 1. The fourth-order valence-corrected chi connectivity index (χ4v) is 3.73. The van der Waals surface area contributed by atoms with Crippen molar-refractivity contribution in [3.05, 3.63) is 54.1 Å². The van der Waals surface area contributed by atoms with Gasteiger partial charge in [-0.25, -0.2) is 27.5 Å². The third-order valence-corrected chi connectivity index (χ3v) is 5.28. The van der Waals surface area contributed by atoms with Gasteiger partial charge in [0.1, 0.15) is 23.5 Å². The molecule has 0 radical (unpaired) electrons. The Kier molecular flexibility index (Phi) is 6.24. The predicted octanol–water partition coefficient (Wildman–Crippen LogP) is 5.47. The van der Waals surface area contributed by atoms with Crippen LogP contribution in [-0.4, -0.2) is 40.2 Å². The van der Waals surface area contributed by atoms with Crippen LogP contribution >= 0.6 is 0 Å². The monoisotopic (exact) mass is 475 g/mol. The fraction of sp³-hybridized carbons (Fsp3) is 0.375. The molecule has 2 aromatic carbocycles. The topological polar surface area (TPSA) is 73.7 Å². The van der Waals surface area contributed by atoms with E-state index in [0.717, 1.165) is 6.07 Å². The summed E-state index contributed by atoms with van der Waals surface area (Å²) < 4.78 is 51.2. The number of fused-ring (bicyclic) bond motifs is 1. The summed E-state index contributed by atoms with van der Waals surface area (Å²) in [6.45, 7) is 5.03. The average molecular weight is 475 g/mol. The SMILES string of the molecule is CC(C)(C)OC(=O)n1cnc2ccc(N3C(=O)CC3c3ccc(OCCC(F)F)cc3F)cc21. The molecule has 1 unspecified atom stereocenters. The van der Waals surface area contributed by atoms with Crippen LogP contribution in [0.4, 0.5) is 23.7 Å². The molecule has 0 saturated carbocycles. The number of alkyl halides is 2. The van der Waals surface area contributed by atoms with Gasteiger partial charge in [0.25, 0.3) is 0 Å². The largest absolute Gasteiger partial charge is 0.493 e. The molecule has 1 fully saturated rings. The summed E-state index contributed by atoms with van der Waals surface area (Å²) in [7, 11) is 0. The molecule has 4 rings (SSSR count). The molecule has 1 atom stereocenters. The van der Waals surface area contributed by atoms with Crippen LogP contribution in [0.3, 0.4) is 0 Å². The number of rotatable bonds is 6. The van der Waals surface area contributed by atoms with E-state index in [4.69, 9.17) is 9.47 Å². The molecule has 10 heteroatoms. The van der Waals surface area contributed by atoms with Gasteiger partial charge in [0.05, 0.1) is 30.1 Å². The number of nitrogens with zero attached hydrogens (tertiary/aromatic N) is 3. The van der Waals surface area contributed by atoms with E-state index in [-0.39, 0.29) is 30.2 Å². The van der Waals surface area contributed by atoms with Gasteiger partial charge in [-0.15, -0.1) is 0 Å². The first-order valence-corrected chi connectivity index (χ1v) is 10.8. The minimum atomic E-state index is -2.50. The summed E-state index contributed by atoms with van der Waals surface area (Å²) in [6.07, 6.45) is -2.10. The number of carbonyl (C=O) groups excluding carboxylic acids is 2. The van der Waals surface area contributed by atoms with Gasteiger partial charge in [0, 0.05) is 23.7 Å². The van der Waals surface area contributed by atoms with E-state index >= 15 is 0 Å². The van der Waals surface area contributed by atoms with Gasteiger partial charge < -0.3 is 14.4 Å². The fourth-order valence-electron chi connectivity index (χ4n) is 3.73. The lowest BCUT2D eigenvalue weighted by Gasteiger charge is -2.41. The first-order valence-electron chi connectivity index (χ1n) is 10.8. The van der Waals surface area contributed by atoms with E-state index in [1.807, 2.05) is 0 Å². The Bertz CT molecular complexity index is 1240. The van der Waals surface area contributed by atoms with Gasteiger partial charge in [0.2, 0.25) is 12.3 Å². The highest BCUT2D eigenvalue weighted by atomic mass is 19.3. The Morgan fingerprint density at radius 1 is 1.21 bits per heavy atom. The molecule has 0 N–H and O–H groups in total. The second kappa shape index (κ2) is 9.00. The normalized spacial score (nSPS) is 16.1. The van der Waals surface area contributed by atoms with Gasteiger partial charge in [-0.05, 0) is 45.0 Å². The third-order valence-electron chi connectivity index (χ3n) is 5.28. The van der Waals surface area contributed by atoms with Crippen LogP contribution < -0.4 is 9.64 Å². The maximum Gasteiger partial charge on any atom is 0.420 e. The van der Waals surface area contributed by atoms with E-state index in [1.165, 1.54) is 27.9 Å². The van der Waals surface area contributed by atoms with Crippen LogP contribution in [0.1, 0.15) is 45.2 Å². The molecule has 1 aromatic heterocycles. The molecular weight excluding hydrogens is 451 g/mol. The lowest BCUT2D eigenvalue weighted by Crippen LogP contribution is -2.47. The number of hydrogen-bond donors (Lipinski definition) is 0. The Balaban J connectivity index is 1.58. The van der Waals surface area contributed by atoms with Crippen molar-refractivity contribution in [3.8, 4) is 5.75 Å².